The molecule has 1 atom stereocenters. The van der Waals surface area contributed by atoms with Crippen LogP contribution in [0.3, 0.4) is 0 Å². The van der Waals surface area contributed by atoms with E-state index < -0.39 is 17.2 Å². The van der Waals surface area contributed by atoms with Gasteiger partial charge in [-0.3, -0.25) is 14.5 Å². The Balaban J connectivity index is 1.81. The molecular formula is C21H21F3N2O2S. The predicted molar refractivity (Wildman–Crippen MR) is 109 cm³/mol. The van der Waals surface area contributed by atoms with Crippen molar-refractivity contribution in [2.24, 2.45) is 5.41 Å². The zero-order valence-electron chi connectivity index (χ0n) is 16.2. The molecule has 8 heteroatoms. The van der Waals surface area contributed by atoms with Crippen LogP contribution in [0.4, 0.5) is 24.5 Å². The fourth-order valence-electron chi connectivity index (χ4n) is 2.81. The van der Waals surface area contributed by atoms with Gasteiger partial charge in [-0.2, -0.15) is 13.2 Å². The van der Waals surface area contributed by atoms with Crippen molar-refractivity contribution in [1.82, 2.24) is 0 Å². The number of carbonyl (C=O) groups is 2. The van der Waals surface area contributed by atoms with Gasteiger partial charge in [-0.25, -0.2) is 0 Å². The van der Waals surface area contributed by atoms with E-state index in [4.69, 9.17) is 0 Å². The van der Waals surface area contributed by atoms with E-state index in [1.807, 2.05) is 32.9 Å². The Morgan fingerprint density at radius 1 is 1.03 bits per heavy atom. The van der Waals surface area contributed by atoms with Crippen LogP contribution < -0.4 is 10.2 Å². The third-order valence-electron chi connectivity index (χ3n) is 4.48. The van der Waals surface area contributed by atoms with Crippen molar-refractivity contribution in [3.8, 4) is 0 Å². The molecule has 3 rings (SSSR count). The summed E-state index contributed by atoms with van der Waals surface area (Å²) in [5.74, 6) is -0.0271. The summed E-state index contributed by atoms with van der Waals surface area (Å²) in [4.78, 5) is 26.0. The molecule has 0 unspecified atom stereocenters. The van der Waals surface area contributed by atoms with Crippen molar-refractivity contribution in [1.29, 1.82) is 0 Å². The van der Waals surface area contributed by atoms with Gasteiger partial charge in [0.15, 0.2) is 0 Å². The highest BCUT2D eigenvalue weighted by Gasteiger charge is 2.35. The number of carbonyl (C=O) groups excluding carboxylic acids is 2. The molecule has 0 saturated carbocycles. The lowest BCUT2D eigenvalue weighted by Gasteiger charge is -2.25. The van der Waals surface area contributed by atoms with Crippen LogP contribution in [0.25, 0.3) is 0 Å². The normalized spacial score (nSPS) is 17.5. The zero-order chi connectivity index (χ0) is 21.4. The van der Waals surface area contributed by atoms with Gasteiger partial charge in [0.05, 0.1) is 11.3 Å². The van der Waals surface area contributed by atoms with Crippen LogP contribution in [0.2, 0.25) is 0 Å². The summed E-state index contributed by atoms with van der Waals surface area (Å²) in [5, 5.41) is 2.50. The minimum atomic E-state index is -4.42. The van der Waals surface area contributed by atoms with Gasteiger partial charge >= 0.3 is 6.18 Å². The van der Waals surface area contributed by atoms with Crippen LogP contribution in [-0.4, -0.2) is 17.6 Å². The molecule has 0 aromatic heterocycles. The largest absolute Gasteiger partial charge is 0.416 e. The lowest BCUT2D eigenvalue weighted by Crippen LogP contribution is -2.28. The van der Waals surface area contributed by atoms with Gasteiger partial charge < -0.3 is 5.32 Å². The number of halogens is 3. The molecule has 154 valence electrons. The molecule has 1 heterocycles. The van der Waals surface area contributed by atoms with E-state index in [0.29, 0.717) is 11.4 Å². The van der Waals surface area contributed by atoms with E-state index in [-0.39, 0.29) is 22.9 Å². The number of nitrogens with zero attached hydrogens (tertiary/aromatic N) is 1. The Kier molecular flexibility index (Phi) is 5.67. The van der Waals surface area contributed by atoms with Crippen LogP contribution in [0.1, 0.15) is 37.3 Å². The van der Waals surface area contributed by atoms with Crippen LogP contribution in [0.15, 0.2) is 48.5 Å². The van der Waals surface area contributed by atoms with Gasteiger partial charge in [-0.15, -0.1) is 11.8 Å². The van der Waals surface area contributed by atoms with Crippen molar-refractivity contribution < 1.29 is 22.8 Å². The first kappa shape index (κ1) is 21.2. The molecule has 1 N–H and O–H groups in total. The first-order valence-electron chi connectivity index (χ1n) is 8.99. The standard InChI is InChI=1S/C21H21F3N2O2S/c1-20(2,3)19(28)25-15-8-4-13(5-9-15)18-26(17(27)12-29-18)16-10-6-14(7-11-16)21(22,23)24/h4-11,18H,12H2,1-3H3,(H,25,28)/t18-/m1/s1. The summed E-state index contributed by atoms with van der Waals surface area (Å²) in [6.45, 7) is 5.46. The Morgan fingerprint density at radius 3 is 2.14 bits per heavy atom. The summed E-state index contributed by atoms with van der Waals surface area (Å²) in [5.41, 5.74) is 0.615. The van der Waals surface area contributed by atoms with Crippen molar-refractivity contribution in [3.63, 3.8) is 0 Å². The molecular weight excluding hydrogens is 401 g/mol. The molecule has 0 aliphatic carbocycles. The van der Waals surface area contributed by atoms with Gasteiger partial charge in [-0.1, -0.05) is 32.9 Å². The molecule has 1 aliphatic heterocycles. The number of rotatable bonds is 3. The van der Waals surface area contributed by atoms with E-state index in [1.165, 1.54) is 28.8 Å². The number of thioether (sulfide) groups is 1. The third kappa shape index (κ3) is 4.75. The molecule has 2 amide bonds. The SMILES string of the molecule is CC(C)(C)C(=O)Nc1ccc([C@H]2SCC(=O)N2c2ccc(C(F)(F)F)cc2)cc1. The number of anilines is 2. The maximum atomic E-state index is 12.8. The van der Waals surface area contributed by atoms with Gasteiger partial charge in [0.2, 0.25) is 11.8 Å². The topological polar surface area (TPSA) is 49.4 Å². The summed E-state index contributed by atoms with van der Waals surface area (Å²) >= 11 is 1.41. The van der Waals surface area contributed by atoms with Crippen LogP contribution in [0, 0.1) is 5.41 Å². The van der Waals surface area contributed by atoms with Gasteiger partial charge in [0.1, 0.15) is 5.37 Å². The second-order valence-corrected chi connectivity index (χ2v) is 8.87. The Labute approximate surface area is 171 Å². The van der Waals surface area contributed by atoms with Crippen LogP contribution in [0.5, 0.6) is 0 Å². The van der Waals surface area contributed by atoms with Crippen LogP contribution in [-0.2, 0) is 15.8 Å². The number of alkyl halides is 3. The summed E-state index contributed by atoms with van der Waals surface area (Å²) in [6.07, 6.45) is -4.42. The highest BCUT2D eigenvalue weighted by Crippen LogP contribution is 2.42. The molecule has 0 bridgehead atoms. The fraction of sp³-hybridized carbons (Fsp3) is 0.333. The highest BCUT2D eigenvalue weighted by molar-refractivity contribution is 8.00. The first-order chi connectivity index (χ1) is 13.5. The molecule has 1 fully saturated rings. The highest BCUT2D eigenvalue weighted by atomic mass is 32.2. The second kappa shape index (κ2) is 7.74. The minimum absolute atomic E-state index is 0.109. The van der Waals surface area contributed by atoms with E-state index in [9.17, 15) is 22.8 Å². The molecule has 1 aliphatic rings. The molecule has 0 spiro atoms. The smallest absolute Gasteiger partial charge is 0.326 e. The molecule has 1 saturated heterocycles. The third-order valence-corrected chi connectivity index (χ3v) is 5.69. The van der Waals surface area contributed by atoms with Crippen molar-refractivity contribution >= 4 is 35.0 Å². The lowest BCUT2D eigenvalue weighted by atomic mass is 9.95. The van der Waals surface area contributed by atoms with E-state index in [1.54, 1.807) is 12.1 Å². The maximum absolute atomic E-state index is 12.8. The monoisotopic (exact) mass is 422 g/mol. The van der Waals surface area contributed by atoms with Gasteiger partial charge in [-0.05, 0) is 42.0 Å². The average molecular weight is 422 g/mol. The summed E-state index contributed by atoms with van der Waals surface area (Å²) in [6, 6.07) is 11.7. The number of hydrogen-bond donors (Lipinski definition) is 1. The van der Waals surface area contributed by atoms with E-state index in [0.717, 1.165) is 17.7 Å². The lowest BCUT2D eigenvalue weighted by molar-refractivity contribution is -0.137. The number of hydrogen-bond acceptors (Lipinski definition) is 3. The summed E-state index contributed by atoms with van der Waals surface area (Å²) < 4.78 is 38.4. The quantitative estimate of drug-likeness (QED) is 0.714. The predicted octanol–water partition coefficient (Wildman–Crippen LogP) is 5.47. The molecule has 2 aromatic rings. The van der Waals surface area contributed by atoms with Crippen molar-refractivity contribution in [2.45, 2.75) is 32.3 Å². The van der Waals surface area contributed by atoms with E-state index >= 15 is 0 Å². The summed E-state index contributed by atoms with van der Waals surface area (Å²) in [7, 11) is 0. The van der Waals surface area contributed by atoms with Gasteiger partial charge in [0.25, 0.3) is 0 Å². The van der Waals surface area contributed by atoms with E-state index in [2.05, 4.69) is 5.32 Å². The number of nitrogens with one attached hydrogen (secondary N) is 1. The fourth-order valence-corrected chi connectivity index (χ4v) is 3.99. The molecule has 2 aromatic carbocycles. The first-order valence-corrected chi connectivity index (χ1v) is 10.0. The average Bonchev–Trinajstić information content (AvgIpc) is 3.02. The molecule has 0 radical (unpaired) electrons. The number of amides is 2. The Bertz CT molecular complexity index is 904. The van der Waals surface area contributed by atoms with Crippen LogP contribution >= 0.6 is 11.8 Å². The Morgan fingerprint density at radius 2 is 1.62 bits per heavy atom. The van der Waals surface area contributed by atoms with Gasteiger partial charge in [0, 0.05) is 16.8 Å². The zero-order valence-corrected chi connectivity index (χ0v) is 17.0. The molecule has 4 nitrogen and oxygen atoms in total. The maximum Gasteiger partial charge on any atom is 0.416 e. The number of benzene rings is 2. The van der Waals surface area contributed by atoms with Crippen molar-refractivity contribution in [3.05, 3.63) is 59.7 Å². The second-order valence-electron chi connectivity index (χ2n) is 7.80. The van der Waals surface area contributed by atoms with Crippen molar-refractivity contribution in [2.75, 3.05) is 16.0 Å². The minimum Gasteiger partial charge on any atom is -0.326 e. The Hall–Kier alpha value is -2.48. The molecule has 29 heavy (non-hydrogen) atoms.